The minimum Gasteiger partial charge on any atom is -0.461 e. The summed E-state index contributed by atoms with van der Waals surface area (Å²) in [5.74, 6) is -1.72. The van der Waals surface area contributed by atoms with E-state index in [9.17, 15) is 22.0 Å². The second kappa shape index (κ2) is 9.07. The van der Waals surface area contributed by atoms with E-state index in [0.717, 1.165) is 24.3 Å². The molecule has 0 amide bonds. The summed E-state index contributed by atoms with van der Waals surface area (Å²) < 4.78 is 57.5. The molecule has 0 radical (unpaired) electrons. The van der Waals surface area contributed by atoms with E-state index in [0.29, 0.717) is 0 Å². The van der Waals surface area contributed by atoms with Crippen molar-refractivity contribution in [2.75, 3.05) is 6.54 Å². The van der Waals surface area contributed by atoms with Crippen LogP contribution in [0.3, 0.4) is 0 Å². The highest BCUT2D eigenvalue weighted by molar-refractivity contribution is 7.89. The highest BCUT2D eigenvalue weighted by atomic mass is 35.5. The molecule has 0 atom stereocenters. The molecule has 0 spiro atoms. The summed E-state index contributed by atoms with van der Waals surface area (Å²) in [5.41, 5.74) is 0.0829. The van der Waals surface area contributed by atoms with E-state index in [1.807, 2.05) is 0 Å². The second-order valence-electron chi connectivity index (χ2n) is 5.32. The molecule has 0 aromatic heterocycles. The van der Waals surface area contributed by atoms with Crippen molar-refractivity contribution in [3.63, 3.8) is 0 Å². The average molecular weight is 404 g/mol. The lowest BCUT2D eigenvalue weighted by atomic mass is 10.2. The molecule has 0 heterocycles. The van der Waals surface area contributed by atoms with Crippen LogP contribution in [0.5, 0.6) is 0 Å². The molecule has 0 unspecified atom stereocenters. The van der Waals surface area contributed by atoms with Gasteiger partial charge in [0.1, 0.15) is 18.2 Å². The smallest absolute Gasteiger partial charge is 0.306 e. The van der Waals surface area contributed by atoms with E-state index in [1.54, 1.807) is 0 Å². The van der Waals surface area contributed by atoms with Gasteiger partial charge in [-0.2, -0.15) is 0 Å². The van der Waals surface area contributed by atoms with Gasteiger partial charge in [-0.3, -0.25) is 4.79 Å². The van der Waals surface area contributed by atoms with Crippen LogP contribution in [0.25, 0.3) is 0 Å². The van der Waals surface area contributed by atoms with E-state index in [1.165, 1.54) is 18.2 Å². The minimum absolute atomic E-state index is 0.00470. The van der Waals surface area contributed by atoms with Crippen molar-refractivity contribution in [1.82, 2.24) is 4.72 Å². The van der Waals surface area contributed by atoms with Crippen molar-refractivity contribution in [3.05, 3.63) is 64.7 Å². The molecule has 0 bridgehead atoms. The molecule has 0 aliphatic carbocycles. The number of carbonyl (C=O) groups is 1. The molecule has 2 rings (SSSR count). The molecule has 0 aliphatic heterocycles. The number of benzene rings is 2. The first-order valence-electron chi connectivity index (χ1n) is 7.63. The predicted molar refractivity (Wildman–Crippen MR) is 92.0 cm³/mol. The van der Waals surface area contributed by atoms with Gasteiger partial charge in [-0.15, -0.1) is 0 Å². The Labute approximate surface area is 155 Å². The van der Waals surface area contributed by atoms with E-state index < -0.39 is 27.6 Å². The molecule has 140 valence electrons. The maximum Gasteiger partial charge on any atom is 0.306 e. The summed E-state index contributed by atoms with van der Waals surface area (Å²) in [6.45, 7) is -0.305. The zero-order valence-electron chi connectivity index (χ0n) is 13.5. The van der Waals surface area contributed by atoms with Crippen LogP contribution in [0.1, 0.15) is 18.4 Å². The molecule has 0 fully saturated rings. The Morgan fingerprint density at radius 1 is 1.12 bits per heavy atom. The normalized spacial score (nSPS) is 11.3. The van der Waals surface area contributed by atoms with Gasteiger partial charge in [0, 0.05) is 18.5 Å². The van der Waals surface area contributed by atoms with Crippen molar-refractivity contribution in [2.45, 2.75) is 24.3 Å². The van der Waals surface area contributed by atoms with Crippen LogP contribution in [0.2, 0.25) is 5.02 Å². The van der Waals surface area contributed by atoms with Crippen LogP contribution in [0, 0.1) is 11.6 Å². The quantitative estimate of drug-likeness (QED) is 0.541. The number of ether oxygens (including phenoxy) is 1. The zero-order valence-corrected chi connectivity index (χ0v) is 15.1. The van der Waals surface area contributed by atoms with Gasteiger partial charge < -0.3 is 4.74 Å². The first kappa shape index (κ1) is 20.3. The van der Waals surface area contributed by atoms with Crippen molar-refractivity contribution in [2.24, 2.45) is 0 Å². The maximum absolute atomic E-state index is 13.5. The molecule has 2 aromatic rings. The Bertz CT molecular complexity index is 853. The SMILES string of the molecule is O=C(CCCNS(=O)(=O)c1ccc(F)cc1)OCc1c(F)cccc1Cl. The second-order valence-corrected chi connectivity index (χ2v) is 7.49. The predicted octanol–water partition coefficient (Wildman–Crippen LogP) is 3.42. The number of carbonyl (C=O) groups excluding carboxylic acids is 1. The Balaban J connectivity index is 1.75. The Kier molecular flexibility index (Phi) is 7.07. The number of rotatable bonds is 8. The fourth-order valence-corrected chi connectivity index (χ4v) is 3.32. The first-order valence-corrected chi connectivity index (χ1v) is 9.49. The first-order chi connectivity index (χ1) is 12.3. The standard InChI is InChI=1S/C17H16ClF2NO4S/c18-15-3-1-4-16(20)14(15)11-25-17(22)5-2-10-21-26(23,24)13-8-6-12(19)7-9-13/h1,3-4,6-9,21H,2,5,10-11H2. The van der Waals surface area contributed by atoms with E-state index >= 15 is 0 Å². The summed E-state index contributed by atoms with van der Waals surface area (Å²) in [7, 11) is -3.78. The molecule has 9 heteroatoms. The summed E-state index contributed by atoms with van der Waals surface area (Å²) in [4.78, 5) is 11.6. The lowest BCUT2D eigenvalue weighted by Crippen LogP contribution is -2.25. The molecular formula is C17H16ClF2NO4S. The third-order valence-corrected chi connectivity index (χ3v) is 5.24. The summed E-state index contributed by atoms with van der Waals surface area (Å²) in [6.07, 6.45) is 0.127. The van der Waals surface area contributed by atoms with Gasteiger partial charge in [-0.1, -0.05) is 17.7 Å². The van der Waals surface area contributed by atoms with Crippen LogP contribution in [0.15, 0.2) is 47.4 Å². The number of nitrogens with one attached hydrogen (secondary N) is 1. The van der Waals surface area contributed by atoms with Crippen LogP contribution in [-0.4, -0.2) is 20.9 Å². The maximum atomic E-state index is 13.5. The number of hydrogen-bond acceptors (Lipinski definition) is 4. The topological polar surface area (TPSA) is 72.5 Å². The number of hydrogen-bond donors (Lipinski definition) is 1. The molecule has 0 saturated carbocycles. The largest absolute Gasteiger partial charge is 0.461 e. The van der Waals surface area contributed by atoms with Crippen molar-refractivity contribution < 1.29 is 26.7 Å². The van der Waals surface area contributed by atoms with Crippen LogP contribution in [0.4, 0.5) is 8.78 Å². The van der Waals surface area contributed by atoms with Gasteiger partial charge in [0.05, 0.1) is 9.92 Å². The van der Waals surface area contributed by atoms with Gasteiger partial charge in [0.2, 0.25) is 10.0 Å². The molecule has 1 N–H and O–H groups in total. The molecule has 2 aromatic carbocycles. The Morgan fingerprint density at radius 2 is 1.81 bits per heavy atom. The number of sulfonamides is 1. The third-order valence-electron chi connectivity index (χ3n) is 3.41. The van der Waals surface area contributed by atoms with E-state index in [-0.39, 0.29) is 41.5 Å². The van der Waals surface area contributed by atoms with Crippen molar-refractivity contribution >= 4 is 27.6 Å². The molecule has 0 saturated heterocycles. The molecule has 26 heavy (non-hydrogen) atoms. The average Bonchev–Trinajstić information content (AvgIpc) is 2.59. The van der Waals surface area contributed by atoms with Gasteiger partial charge in [-0.25, -0.2) is 21.9 Å². The molecule has 0 aliphatic rings. The van der Waals surface area contributed by atoms with Gasteiger partial charge in [0.15, 0.2) is 0 Å². The van der Waals surface area contributed by atoms with Gasteiger partial charge in [-0.05, 0) is 42.8 Å². The van der Waals surface area contributed by atoms with E-state index in [4.69, 9.17) is 16.3 Å². The van der Waals surface area contributed by atoms with Crippen LogP contribution in [-0.2, 0) is 26.2 Å². The summed E-state index contributed by atoms with van der Waals surface area (Å²) in [6, 6.07) is 8.50. The number of esters is 1. The molecular weight excluding hydrogens is 388 g/mol. The summed E-state index contributed by atoms with van der Waals surface area (Å²) in [5, 5.41) is 0.157. The fraction of sp³-hybridized carbons (Fsp3) is 0.235. The highest BCUT2D eigenvalue weighted by Crippen LogP contribution is 2.20. The third kappa shape index (κ3) is 5.76. The van der Waals surface area contributed by atoms with Crippen LogP contribution < -0.4 is 4.72 Å². The van der Waals surface area contributed by atoms with Crippen molar-refractivity contribution in [1.29, 1.82) is 0 Å². The lowest BCUT2D eigenvalue weighted by molar-refractivity contribution is -0.145. The van der Waals surface area contributed by atoms with Gasteiger partial charge >= 0.3 is 5.97 Å². The lowest BCUT2D eigenvalue weighted by Gasteiger charge is -2.08. The minimum atomic E-state index is -3.78. The van der Waals surface area contributed by atoms with Crippen molar-refractivity contribution in [3.8, 4) is 0 Å². The Hall–Kier alpha value is -2.03. The van der Waals surface area contributed by atoms with Gasteiger partial charge in [0.25, 0.3) is 0 Å². The Morgan fingerprint density at radius 3 is 2.46 bits per heavy atom. The zero-order chi connectivity index (χ0) is 19.2. The molecule has 5 nitrogen and oxygen atoms in total. The van der Waals surface area contributed by atoms with Crippen LogP contribution >= 0.6 is 11.6 Å². The summed E-state index contributed by atoms with van der Waals surface area (Å²) >= 11 is 5.83. The highest BCUT2D eigenvalue weighted by Gasteiger charge is 2.14. The monoisotopic (exact) mass is 403 g/mol. The number of halogens is 3. The van der Waals surface area contributed by atoms with E-state index in [2.05, 4.69) is 4.72 Å². The fourth-order valence-electron chi connectivity index (χ4n) is 2.03.